The Labute approximate surface area is 134 Å². The Morgan fingerprint density at radius 2 is 1.74 bits per heavy atom. The maximum atomic E-state index is 11.4. The molecule has 0 aliphatic rings. The number of ether oxygens (including phenoxy) is 1. The van der Waals surface area contributed by atoms with Gasteiger partial charge in [0.25, 0.3) is 10.2 Å². The van der Waals surface area contributed by atoms with Crippen LogP contribution in [0.5, 0.6) is 5.75 Å². The molecule has 1 aromatic rings. The molecule has 23 heavy (non-hydrogen) atoms. The SMILES string of the molecule is CCC(=O)Oc1ccccc1SC(CO[N+](=O)[O-])CO[N+](=O)[O-]. The van der Waals surface area contributed by atoms with Crippen LogP contribution in [0.1, 0.15) is 13.3 Å². The van der Waals surface area contributed by atoms with Crippen LogP contribution in [0, 0.1) is 20.2 Å². The van der Waals surface area contributed by atoms with E-state index in [1.807, 2.05) is 0 Å². The Morgan fingerprint density at radius 3 is 2.26 bits per heavy atom. The van der Waals surface area contributed by atoms with E-state index in [-0.39, 0.29) is 12.2 Å². The van der Waals surface area contributed by atoms with Crippen LogP contribution in [-0.4, -0.2) is 34.6 Å². The molecule has 0 bridgehead atoms. The van der Waals surface area contributed by atoms with Crippen molar-refractivity contribution in [2.45, 2.75) is 23.5 Å². The van der Waals surface area contributed by atoms with E-state index in [0.29, 0.717) is 4.90 Å². The van der Waals surface area contributed by atoms with E-state index in [2.05, 4.69) is 9.68 Å². The lowest BCUT2D eigenvalue weighted by molar-refractivity contribution is -0.765. The molecule has 0 heterocycles. The molecular formula is C12H14N2O8S. The Bertz CT molecular complexity index is 550. The van der Waals surface area contributed by atoms with E-state index in [1.54, 1.807) is 31.2 Å². The lowest BCUT2D eigenvalue weighted by Gasteiger charge is -2.16. The minimum atomic E-state index is -0.997. The molecule has 11 heteroatoms. The number of nitrogens with zero attached hydrogens (tertiary/aromatic N) is 2. The predicted molar refractivity (Wildman–Crippen MR) is 77.9 cm³/mol. The molecule has 0 spiro atoms. The second-order valence-electron chi connectivity index (χ2n) is 4.05. The Hall–Kier alpha value is -2.56. The van der Waals surface area contributed by atoms with Crippen LogP contribution in [-0.2, 0) is 14.5 Å². The normalized spacial score (nSPS) is 10.2. The average Bonchev–Trinajstić information content (AvgIpc) is 2.51. The van der Waals surface area contributed by atoms with Gasteiger partial charge in [-0.3, -0.25) is 4.79 Å². The van der Waals surface area contributed by atoms with Gasteiger partial charge in [-0.2, -0.15) is 0 Å². The van der Waals surface area contributed by atoms with Gasteiger partial charge in [0.15, 0.2) is 0 Å². The van der Waals surface area contributed by atoms with Gasteiger partial charge in [-0.05, 0) is 12.1 Å². The van der Waals surface area contributed by atoms with Crippen molar-refractivity contribution < 1.29 is 29.4 Å². The number of para-hydroxylation sites is 1. The van der Waals surface area contributed by atoms with Crippen molar-refractivity contribution in [1.29, 1.82) is 0 Å². The number of carbonyl (C=O) groups is 1. The molecule has 126 valence electrons. The van der Waals surface area contributed by atoms with Crippen molar-refractivity contribution in [3.63, 3.8) is 0 Å². The largest absolute Gasteiger partial charge is 0.425 e. The van der Waals surface area contributed by atoms with Crippen LogP contribution in [0.4, 0.5) is 0 Å². The molecule has 0 saturated heterocycles. The Kier molecular flexibility index (Phi) is 7.60. The summed E-state index contributed by atoms with van der Waals surface area (Å²) >= 11 is 1.02. The summed E-state index contributed by atoms with van der Waals surface area (Å²) in [5.74, 6) is -0.186. The van der Waals surface area contributed by atoms with Gasteiger partial charge in [-0.15, -0.1) is 32.0 Å². The summed E-state index contributed by atoms with van der Waals surface area (Å²) in [5, 5.41) is 17.8. The van der Waals surface area contributed by atoms with Crippen LogP contribution in [0.25, 0.3) is 0 Å². The van der Waals surface area contributed by atoms with E-state index >= 15 is 0 Å². The van der Waals surface area contributed by atoms with E-state index in [0.717, 1.165) is 11.8 Å². The van der Waals surface area contributed by atoms with Crippen molar-refractivity contribution in [3.05, 3.63) is 44.5 Å². The van der Waals surface area contributed by atoms with Gasteiger partial charge in [-0.25, -0.2) is 0 Å². The fourth-order valence-electron chi connectivity index (χ4n) is 1.41. The summed E-state index contributed by atoms with van der Waals surface area (Å²) in [7, 11) is 0. The molecule has 0 aliphatic carbocycles. The summed E-state index contributed by atoms with van der Waals surface area (Å²) in [5.41, 5.74) is 0. The zero-order chi connectivity index (χ0) is 17.2. The van der Waals surface area contributed by atoms with Crippen molar-refractivity contribution in [3.8, 4) is 5.75 Å². The van der Waals surface area contributed by atoms with Crippen molar-refractivity contribution in [2.75, 3.05) is 13.2 Å². The zero-order valence-electron chi connectivity index (χ0n) is 12.1. The van der Waals surface area contributed by atoms with Crippen LogP contribution < -0.4 is 4.74 Å². The first-order valence-electron chi connectivity index (χ1n) is 6.43. The van der Waals surface area contributed by atoms with Crippen LogP contribution in [0.2, 0.25) is 0 Å². The molecular weight excluding hydrogens is 332 g/mol. The lowest BCUT2D eigenvalue weighted by Crippen LogP contribution is -2.22. The fraction of sp³-hybridized carbons (Fsp3) is 0.417. The third kappa shape index (κ3) is 7.31. The number of rotatable bonds is 10. The molecule has 0 amide bonds. The third-order valence-corrected chi connectivity index (χ3v) is 3.58. The topological polar surface area (TPSA) is 131 Å². The van der Waals surface area contributed by atoms with E-state index < -0.39 is 34.6 Å². The highest BCUT2D eigenvalue weighted by Gasteiger charge is 2.18. The van der Waals surface area contributed by atoms with E-state index in [1.165, 1.54) is 0 Å². The van der Waals surface area contributed by atoms with Gasteiger partial charge in [-0.1, -0.05) is 19.1 Å². The first-order chi connectivity index (χ1) is 10.9. The van der Waals surface area contributed by atoms with Crippen LogP contribution in [0.3, 0.4) is 0 Å². The van der Waals surface area contributed by atoms with Gasteiger partial charge >= 0.3 is 5.97 Å². The van der Waals surface area contributed by atoms with Crippen LogP contribution in [0.15, 0.2) is 29.2 Å². The quantitative estimate of drug-likeness (QED) is 0.205. The molecule has 0 aromatic heterocycles. The maximum absolute atomic E-state index is 11.4. The highest BCUT2D eigenvalue weighted by Crippen LogP contribution is 2.32. The van der Waals surface area contributed by atoms with Crippen molar-refractivity contribution in [1.82, 2.24) is 0 Å². The van der Waals surface area contributed by atoms with Gasteiger partial charge < -0.3 is 14.4 Å². The van der Waals surface area contributed by atoms with Gasteiger partial charge in [0, 0.05) is 6.42 Å². The maximum Gasteiger partial charge on any atom is 0.310 e. The number of benzene rings is 1. The number of thioether (sulfide) groups is 1. The van der Waals surface area contributed by atoms with E-state index in [9.17, 15) is 25.0 Å². The number of carbonyl (C=O) groups excluding carboxylic acids is 1. The van der Waals surface area contributed by atoms with Gasteiger partial charge in [0.1, 0.15) is 19.0 Å². The van der Waals surface area contributed by atoms with Crippen LogP contribution >= 0.6 is 11.8 Å². The monoisotopic (exact) mass is 346 g/mol. The standard InChI is InChI=1S/C12H14N2O8S/c1-2-12(15)22-10-5-3-4-6-11(10)23-9(7-20-13(16)17)8-21-14(18)19/h3-6,9H,2,7-8H2,1H3. The van der Waals surface area contributed by atoms with Crippen molar-refractivity contribution in [2.24, 2.45) is 0 Å². The first kappa shape index (κ1) is 18.5. The average molecular weight is 346 g/mol. The summed E-state index contributed by atoms with van der Waals surface area (Å²) in [6, 6.07) is 6.49. The zero-order valence-corrected chi connectivity index (χ0v) is 12.9. The first-order valence-corrected chi connectivity index (χ1v) is 7.31. The van der Waals surface area contributed by atoms with Gasteiger partial charge in [0.2, 0.25) is 0 Å². The minimum absolute atomic E-state index is 0.178. The highest BCUT2D eigenvalue weighted by molar-refractivity contribution is 8.00. The molecule has 0 unspecified atom stereocenters. The molecule has 1 aromatic carbocycles. The molecule has 0 radical (unpaired) electrons. The number of hydrogen-bond donors (Lipinski definition) is 0. The molecule has 0 fully saturated rings. The molecule has 0 atom stereocenters. The third-order valence-electron chi connectivity index (χ3n) is 2.39. The molecule has 10 nitrogen and oxygen atoms in total. The molecule has 0 N–H and O–H groups in total. The second-order valence-corrected chi connectivity index (χ2v) is 5.40. The summed E-state index contributed by atoms with van der Waals surface area (Å²) in [4.78, 5) is 40.9. The lowest BCUT2D eigenvalue weighted by atomic mass is 10.3. The fourth-order valence-corrected chi connectivity index (χ4v) is 2.41. The summed E-state index contributed by atoms with van der Waals surface area (Å²) in [6.45, 7) is 0.805. The molecule has 0 saturated carbocycles. The number of esters is 1. The Balaban J connectivity index is 2.82. The summed E-state index contributed by atoms with van der Waals surface area (Å²) < 4.78 is 5.14. The summed E-state index contributed by atoms with van der Waals surface area (Å²) in [6.07, 6.45) is 0.178. The Morgan fingerprint density at radius 1 is 1.17 bits per heavy atom. The number of hydrogen-bond acceptors (Lipinski definition) is 9. The minimum Gasteiger partial charge on any atom is -0.425 e. The van der Waals surface area contributed by atoms with Gasteiger partial charge in [0.05, 0.1) is 10.1 Å². The molecule has 0 aliphatic heterocycles. The second kappa shape index (κ2) is 9.46. The highest BCUT2D eigenvalue weighted by atomic mass is 32.2. The predicted octanol–water partition coefficient (Wildman–Crippen LogP) is 1.88. The van der Waals surface area contributed by atoms with E-state index in [4.69, 9.17) is 4.74 Å². The molecule has 1 rings (SSSR count). The van der Waals surface area contributed by atoms with Crippen molar-refractivity contribution >= 4 is 17.7 Å². The smallest absolute Gasteiger partial charge is 0.310 e.